The number of thioether (sulfide) groups is 1. The van der Waals surface area contributed by atoms with E-state index in [0.29, 0.717) is 5.69 Å². The van der Waals surface area contributed by atoms with Crippen LogP contribution in [0.3, 0.4) is 0 Å². The highest BCUT2D eigenvalue weighted by molar-refractivity contribution is 7.99. The average molecular weight is 394 g/mol. The number of aromatic nitrogens is 3. The summed E-state index contributed by atoms with van der Waals surface area (Å²) in [4.78, 5) is 14.4. The first kappa shape index (κ1) is 21.4. The third kappa shape index (κ3) is 6.04. The monoisotopic (exact) mass is 393 g/mol. The van der Waals surface area contributed by atoms with Gasteiger partial charge in [-0.3, -0.25) is 9.69 Å². The molecule has 1 amide bonds. The summed E-state index contributed by atoms with van der Waals surface area (Å²) in [6.45, 7) is 5.12. The summed E-state index contributed by atoms with van der Waals surface area (Å²) in [5.74, 6) is 0.681. The molecule has 1 aromatic heterocycles. The van der Waals surface area contributed by atoms with Gasteiger partial charge in [0.2, 0.25) is 5.91 Å². The van der Waals surface area contributed by atoms with Gasteiger partial charge in [-0.1, -0.05) is 32.0 Å². The van der Waals surface area contributed by atoms with E-state index >= 15 is 0 Å². The Morgan fingerprint density at radius 3 is 2.56 bits per heavy atom. The minimum atomic E-state index is -0.328. The number of benzene rings is 1. The molecule has 1 aromatic carbocycles. The SMILES string of the molecule is CCCCn1c(SCC(=O)Nc2ccc(F)cc2)nnc1C(CC)N(C)C. The first-order valence-electron chi connectivity index (χ1n) is 9.24. The number of anilines is 1. The van der Waals surface area contributed by atoms with Gasteiger partial charge in [0.25, 0.3) is 0 Å². The van der Waals surface area contributed by atoms with Crippen LogP contribution in [0.2, 0.25) is 0 Å². The average Bonchev–Trinajstić information content (AvgIpc) is 3.03. The van der Waals surface area contributed by atoms with Crippen molar-refractivity contribution in [2.75, 3.05) is 25.2 Å². The van der Waals surface area contributed by atoms with Crippen molar-refractivity contribution in [3.8, 4) is 0 Å². The maximum absolute atomic E-state index is 13.0. The highest BCUT2D eigenvalue weighted by Gasteiger charge is 2.22. The maximum Gasteiger partial charge on any atom is 0.234 e. The number of amides is 1. The van der Waals surface area contributed by atoms with Crippen molar-refractivity contribution in [2.45, 2.75) is 50.9 Å². The van der Waals surface area contributed by atoms with Crippen molar-refractivity contribution in [2.24, 2.45) is 0 Å². The van der Waals surface area contributed by atoms with Crippen LogP contribution in [-0.4, -0.2) is 45.4 Å². The maximum atomic E-state index is 13.0. The molecule has 1 heterocycles. The van der Waals surface area contributed by atoms with Gasteiger partial charge in [0.1, 0.15) is 5.82 Å². The molecular formula is C19H28FN5OS. The van der Waals surface area contributed by atoms with Crippen LogP contribution in [0.4, 0.5) is 10.1 Å². The molecule has 2 rings (SSSR count). The molecule has 0 fully saturated rings. The van der Waals surface area contributed by atoms with Gasteiger partial charge in [-0.15, -0.1) is 10.2 Å². The van der Waals surface area contributed by atoms with Crippen LogP contribution < -0.4 is 5.32 Å². The largest absolute Gasteiger partial charge is 0.325 e. The number of unbranched alkanes of at least 4 members (excludes halogenated alkanes) is 1. The molecule has 1 unspecified atom stereocenters. The van der Waals surface area contributed by atoms with Gasteiger partial charge in [-0.05, 0) is 51.2 Å². The molecule has 0 spiro atoms. The van der Waals surface area contributed by atoms with Crippen molar-refractivity contribution >= 4 is 23.4 Å². The number of nitrogens with zero attached hydrogens (tertiary/aromatic N) is 4. The molecule has 148 valence electrons. The Morgan fingerprint density at radius 2 is 1.96 bits per heavy atom. The predicted molar refractivity (Wildman–Crippen MR) is 107 cm³/mol. The zero-order valence-electron chi connectivity index (χ0n) is 16.4. The lowest BCUT2D eigenvalue weighted by molar-refractivity contribution is -0.113. The highest BCUT2D eigenvalue weighted by atomic mass is 32.2. The first-order valence-corrected chi connectivity index (χ1v) is 10.2. The van der Waals surface area contributed by atoms with Gasteiger partial charge in [0.05, 0.1) is 11.8 Å². The molecule has 0 saturated carbocycles. The van der Waals surface area contributed by atoms with Gasteiger partial charge in [-0.2, -0.15) is 0 Å². The molecular weight excluding hydrogens is 365 g/mol. The number of hydrogen-bond acceptors (Lipinski definition) is 5. The summed E-state index contributed by atoms with van der Waals surface area (Å²) in [6.07, 6.45) is 3.04. The molecule has 0 aliphatic carbocycles. The predicted octanol–water partition coefficient (Wildman–Crippen LogP) is 3.96. The number of carbonyl (C=O) groups excluding carboxylic acids is 1. The van der Waals surface area contributed by atoms with E-state index < -0.39 is 0 Å². The zero-order chi connectivity index (χ0) is 19.8. The standard InChI is InChI=1S/C19H28FN5OS/c1-5-7-12-25-18(16(6-2)24(3)4)22-23-19(25)27-13-17(26)21-15-10-8-14(20)9-11-15/h8-11,16H,5-7,12-13H2,1-4H3,(H,21,26). The van der Waals surface area contributed by atoms with Gasteiger partial charge in [0, 0.05) is 12.2 Å². The van der Waals surface area contributed by atoms with E-state index in [4.69, 9.17) is 0 Å². The second kappa shape index (κ2) is 10.4. The fourth-order valence-corrected chi connectivity index (χ4v) is 3.59. The third-order valence-electron chi connectivity index (χ3n) is 4.25. The van der Waals surface area contributed by atoms with E-state index in [9.17, 15) is 9.18 Å². The lowest BCUT2D eigenvalue weighted by atomic mass is 10.2. The second-order valence-corrected chi connectivity index (χ2v) is 7.52. The molecule has 8 heteroatoms. The molecule has 0 aliphatic rings. The molecule has 1 N–H and O–H groups in total. The van der Waals surface area contributed by atoms with Crippen LogP contribution in [0.25, 0.3) is 0 Å². The fourth-order valence-electron chi connectivity index (χ4n) is 2.82. The molecule has 2 aromatic rings. The quantitative estimate of drug-likeness (QED) is 0.619. The number of halogens is 1. The van der Waals surface area contributed by atoms with E-state index in [1.807, 2.05) is 14.1 Å². The third-order valence-corrected chi connectivity index (χ3v) is 5.22. The Labute approximate surface area is 164 Å². The van der Waals surface area contributed by atoms with Crippen LogP contribution >= 0.6 is 11.8 Å². The summed E-state index contributed by atoms with van der Waals surface area (Å²) in [5, 5.41) is 12.3. The summed E-state index contributed by atoms with van der Waals surface area (Å²) < 4.78 is 15.1. The Bertz CT molecular complexity index is 732. The lowest BCUT2D eigenvalue weighted by Crippen LogP contribution is -2.23. The Hall–Kier alpha value is -1.93. The molecule has 0 bridgehead atoms. The molecule has 6 nitrogen and oxygen atoms in total. The Balaban J connectivity index is 2.06. The summed E-state index contributed by atoms with van der Waals surface area (Å²) in [5.41, 5.74) is 0.578. The summed E-state index contributed by atoms with van der Waals surface area (Å²) in [6, 6.07) is 5.92. The lowest BCUT2D eigenvalue weighted by Gasteiger charge is -2.23. The van der Waals surface area contributed by atoms with Crippen molar-refractivity contribution in [1.29, 1.82) is 0 Å². The van der Waals surface area contributed by atoms with E-state index in [0.717, 1.165) is 36.8 Å². The van der Waals surface area contributed by atoms with E-state index in [1.54, 1.807) is 12.1 Å². The first-order chi connectivity index (χ1) is 13.0. The fraction of sp³-hybridized carbons (Fsp3) is 0.526. The van der Waals surface area contributed by atoms with Gasteiger partial charge in [-0.25, -0.2) is 4.39 Å². The topological polar surface area (TPSA) is 63.1 Å². The number of nitrogens with one attached hydrogen (secondary N) is 1. The minimum absolute atomic E-state index is 0.155. The van der Waals surface area contributed by atoms with Crippen molar-refractivity contribution in [3.63, 3.8) is 0 Å². The molecule has 0 aliphatic heterocycles. The van der Waals surface area contributed by atoms with Gasteiger partial charge in [0.15, 0.2) is 11.0 Å². The van der Waals surface area contributed by atoms with E-state index in [2.05, 4.69) is 38.8 Å². The van der Waals surface area contributed by atoms with Crippen LogP contribution in [-0.2, 0) is 11.3 Å². The molecule has 0 radical (unpaired) electrons. The van der Waals surface area contributed by atoms with Gasteiger partial charge >= 0.3 is 0 Å². The number of carbonyl (C=O) groups is 1. The van der Waals surface area contributed by atoms with Crippen molar-refractivity contribution in [1.82, 2.24) is 19.7 Å². The van der Waals surface area contributed by atoms with Crippen LogP contribution in [0.1, 0.15) is 45.0 Å². The van der Waals surface area contributed by atoms with Crippen molar-refractivity contribution in [3.05, 3.63) is 35.9 Å². The van der Waals surface area contributed by atoms with Crippen molar-refractivity contribution < 1.29 is 9.18 Å². The Morgan fingerprint density at radius 1 is 1.26 bits per heavy atom. The molecule has 0 saturated heterocycles. The van der Waals surface area contributed by atoms with E-state index in [-0.39, 0.29) is 23.5 Å². The smallest absolute Gasteiger partial charge is 0.234 e. The summed E-state index contributed by atoms with van der Waals surface area (Å²) >= 11 is 1.37. The highest BCUT2D eigenvalue weighted by Crippen LogP contribution is 2.25. The minimum Gasteiger partial charge on any atom is -0.325 e. The van der Waals surface area contributed by atoms with Crippen LogP contribution in [0.5, 0.6) is 0 Å². The Kier molecular flexibility index (Phi) is 8.24. The normalized spacial score (nSPS) is 12.4. The number of hydrogen-bond donors (Lipinski definition) is 1. The molecule has 1 atom stereocenters. The van der Waals surface area contributed by atoms with Crippen LogP contribution in [0, 0.1) is 5.82 Å². The zero-order valence-corrected chi connectivity index (χ0v) is 17.2. The second-order valence-electron chi connectivity index (χ2n) is 6.58. The van der Waals surface area contributed by atoms with E-state index in [1.165, 1.54) is 23.9 Å². The van der Waals surface area contributed by atoms with Gasteiger partial charge < -0.3 is 9.88 Å². The van der Waals surface area contributed by atoms with Crippen LogP contribution in [0.15, 0.2) is 29.4 Å². The summed E-state index contributed by atoms with van der Waals surface area (Å²) in [7, 11) is 4.08. The molecule has 27 heavy (non-hydrogen) atoms. The number of rotatable bonds is 10.